The molecule has 0 N–H and O–H groups in total. The third-order valence-corrected chi connectivity index (χ3v) is 11.1. The fourth-order valence-electron chi connectivity index (χ4n) is 8.91. The van der Waals surface area contributed by atoms with E-state index in [1.54, 1.807) is 0 Å². The van der Waals surface area contributed by atoms with Crippen LogP contribution in [0.1, 0.15) is 0 Å². The average Bonchev–Trinajstić information content (AvgIpc) is 3.91. The standard InChI is InChI=1S/C50H28O3/c1-2-13-29(14-3-1)30-20-10-23-38-47-42(52-49(30)38)27-28-43-48(47)39-24-11-22-37(50(39)53-43)45-33-17-6-4-15-31(33)44(32-16-5-7-18-34(32)45)36-21-12-26-41-46(36)35-19-8-9-25-40(35)51-41/h1-28H. The summed E-state index contributed by atoms with van der Waals surface area (Å²) in [5.41, 5.74) is 12.0. The quantitative estimate of drug-likeness (QED) is 0.175. The van der Waals surface area contributed by atoms with Crippen molar-refractivity contribution in [2.24, 2.45) is 0 Å². The van der Waals surface area contributed by atoms with Gasteiger partial charge >= 0.3 is 0 Å². The van der Waals surface area contributed by atoms with Crippen molar-refractivity contribution in [3.8, 4) is 33.4 Å². The van der Waals surface area contributed by atoms with Crippen LogP contribution in [-0.4, -0.2) is 0 Å². The molecule has 12 aromatic rings. The molecule has 3 heterocycles. The molecule has 0 amide bonds. The van der Waals surface area contributed by atoms with E-state index in [4.69, 9.17) is 13.3 Å². The first kappa shape index (κ1) is 28.6. The van der Waals surface area contributed by atoms with Crippen LogP contribution in [0.5, 0.6) is 0 Å². The molecule has 3 aromatic heterocycles. The molecule has 0 aliphatic heterocycles. The van der Waals surface area contributed by atoms with Crippen molar-refractivity contribution in [3.63, 3.8) is 0 Å². The highest BCUT2D eigenvalue weighted by Crippen LogP contribution is 2.50. The van der Waals surface area contributed by atoms with E-state index in [0.717, 1.165) is 93.6 Å². The van der Waals surface area contributed by atoms with Crippen molar-refractivity contribution >= 4 is 87.4 Å². The Balaban J connectivity index is 1.18. The zero-order valence-corrected chi connectivity index (χ0v) is 28.4. The largest absolute Gasteiger partial charge is 0.456 e. The van der Waals surface area contributed by atoms with Gasteiger partial charge in [-0.2, -0.15) is 0 Å². The molecule has 12 rings (SSSR count). The number of hydrogen-bond donors (Lipinski definition) is 0. The Morgan fingerprint density at radius 1 is 0.245 bits per heavy atom. The Morgan fingerprint density at radius 3 is 1.32 bits per heavy atom. The highest BCUT2D eigenvalue weighted by molar-refractivity contribution is 6.30. The molecule has 0 atom stereocenters. The monoisotopic (exact) mass is 676 g/mol. The molecule has 0 saturated carbocycles. The van der Waals surface area contributed by atoms with E-state index in [1.807, 2.05) is 18.2 Å². The van der Waals surface area contributed by atoms with Gasteiger partial charge in [0.2, 0.25) is 0 Å². The lowest BCUT2D eigenvalue weighted by Gasteiger charge is -2.18. The van der Waals surface area contributed by atoms with E-state index in [2.05, 4.69) is 152 Å². The molecule has 246 valence electrons. The molecular formula is C50H28O3. The minimum atomic E-state index is 0.844. The maximum absolute atomic E-state index is 6.93. The molecule has 0 aliphatic rings. The summed E-state index contributed by atoms with van der Waals surface area (Å²) in [6.07, 6.45) is 0. The number of rotatable bonds is 3. The van der Waals surface area contributed by atoms with Crippen molar-refractivity contribution in [3.05, 3.63) is 170 Å². The highest BCUT2D eigenvalue weighted by Gasteiger charge is 2.24. The Kier molecular flexibility index (Phi) is 5.77. The van der Waals surface area contributed by atoms with Crippen molar-refractivity contribution in [2.45, 2.75) is 0 Å². The van der Waals surface area contributed by atoms with Crippen LogP contribution in [0.2, 0.25) is 0 Å². The Morgan fingerprint density at radius 2 is 0.679 bits per heavy atom. The van der Waals surface area contributed by atoms with Crippen LogP contribution < -0.4 is 0 Å². The first-order valence-electron chi connectivity index (χ1n) is 18.0. The fourth-order valence-corrected chi connectivity index (χ4v) is 8.91. The predicted molar refractivity (Wildman–Crippen MR) is 220 cm³/mol. The first-order chi connectivity index (χ1) is 26.3. The average molecular weight is 677 g/mol. The zero-order valence-electron chi connectivity index (χ0n) is 28.4. The summed E-state index contributed by atoms with van der Waals surface area (Å²) in [5, 5.41) is 11.3. The minimum Gasteiger partial charge on any atom is -0.456 e. The van der Waals surface area contributed by atoms with Gasteiger partial charge in [0.05, 0.1) is 0 Å². The molecule has 53 heavy (non-hydrogen) atoms. The van der Waals surface area contributed by atoms with Crippen molar-refractivity contribution in [1.29, 1.82) is 0 Å². The van der Waals surface area contributed by atoms with Crippen LogP contribution >= 0.6 is 0 Å². The van der Waals surface area contributed by atoms with Crippen LogP contribution in [0.25, 0.3) is 121 Å². The Bertz CT molecular complexity index is 3390. The number of hydrogen-bond acceptors (Lipinski definition) is 3. The van der Waals surface area contributed by atoms with Gasteiger partial charge < -0.3 is 13.3 Å². The van der Waals surface area contributed by atoms with Gasteiger partial charge in [0.25, 0.3) is 0 Å². The van der Waals surface area contributed by atoms with E-state index in [-0.39, 0.29) is 0 Å². The molecule has 0 unspecified atom stereocenters. The molecule has 3 nitrogen and oxygen atoms in total. The maximum atomic E-state index is 6.93. The summed E-state index contributed by atoms with van der Waals surface area (Å²) < 4.78 is 20.0. The summed E-state index contributed by atoms with van der Waals surface area (Å²) in [4.78, 5) is 0. The van der Waals surface area contributed by atoms with Crippen LogP contribution in [0, 0.1) is 0 Å². The molecule has 0 aliphatic carbocycles. The lowest BCUT2D eigenvalue weighted by Crippen LogP contribution is -1.91. The van der Waals surface area contributed by atoms with Crippen LogP contribution in [0.3, 0.4) is 0 Å². The molecule has 0 bridgehead atoms. The summed E-state index contributed by atoms with van der Waals surface area (Å²) in [7, 11) is 0. The van der Waals surface area contributed by atoms with Gasteiger partial charge in [0.15, 0.2) is 0 Å². The Hall–Kier alpha value is -7.10. The maximum Gasteiger partial charge on any atom is 0.143 e. The Labute approximate surface area is 302 Å². The normalized spacial score (nSPS) is 12.2. The third kappa shape index (κ3) is 3.94. The highest BCUT2D eigenvalue weighted by atomic mass is 16.3. The lowest BCUT2D eigenvalue weighted by atomic mass is 9.84. The van der Waals surface area contributed by atoms with Gasteiger partial charge in [0, 0.05) is 49.0 Å². The number of fused-ring (bicyclic) bond motifs is 12. The van der Waals surface area contributed by atoms with E-state index < -0.39 is 0 Å². The summed E-state index contributed by atoms with van der Waals surface area (Å²) in [6, 6.07) is 59.9. The molecule has 0 spiro atoms. The molecule has 0 radical (unpaired) electrons. The van der Waals surface area contributed by atoms with Gasteiger partial charge in [-0.05, 0) is 62.5 Å². The van der Waals surface area contributed by atoms with Gasteiger partial charge in [-0.15, -0.1) is 0 Å². The topological polar surface area (TPSA) is 39.4 Å². The number of para-hydroxylation sites is 3. The molecule has 9 aromatic carbocycles. The number of furan rings is 3. The zero-order chi connectivity index (χ0) is 34.6. The van der Waals surface area contributed by atoms with Gasteiger partial charge in [0.1, 0.15) is 33.5 Å². The van der Waals surface area contributed by atoms with E-state index >= 15 is 0 Å². The van der Waals surface area contributed by atoms with Gasteiger partial charge in [-0.3, -0.25) is 0 Å². The third-order valence-electron chi connectivity index (χ3n) is 11.1. The second kappa shape index (κ2) is 10.7. The van der Waals surface area contributed by atoms with Crippen LogP contribution in [-0.2, 0) is 0 Å². The second-order valence-corrected chi connectivity index (χ2v) is 13.9. The van der Waals surface area contributed by atoms with E-state index in [1.165, 1.54) is 27.1 Å². The SMILES string of the molecule is c1ccc(-c2cccc3c2oc2ccc4oc5c(-c6c7ccccc7c(-c7cccc8oc9ccccc9c78)c7ccccc67)cccc5c4c23)cc1. The van der Waals surface area contributed by atoms with Gasteiger partial charge in [-0.25, -0.2) is 0 Å². The molecular weight excluding hydrogens is 649 g/mol. The van der Waals surface area contributed by atoms with E-state index in [0.29, 0.717) is 0 Å². The fraction of sp³-hybridized carbons (Fsp3) is 0. The molecule has 0 fully saturated rings. The lowest BCUT2D eigenvalue weighted by molar-refractivity contribution is 0.664. The predicted octanol–water partition coefficient (Wildman–Crippen LogP) is 14.7. The summed E-state index contributed by atoms with van der Waals surface area (Å²) >= 11 is 0. The van der Waals surface area contributed by atoms with Crippen LogP contribution in [0.15, 0.2) is 183 Å². The summed E-state index contributed by atoms with van der Waals surface area (Å²) in [5.74, 6) is 0. The van der Waals surface area contributed by atoms with Crippen LogP contribution in [0.4, 0.5) is 0 Å². The van der Waals surface area contributed by atoms with Crippen molar-refractivity contribution in [1.82, 2.24) is 0 Å². The van der Waals surface area contributed by atoms with Gasteiger partial charge in [-0.1, -0.05) is 146 Å². The van der Waals surface area contributed by atoms with Crippen molar-refractivity contribution < 1.29 is 13.3 Å². The first-order valence-corrected chi connectivity index (χ1v) is 18.0. The minimum absolute atomic E-state index is 0.844. The van der Waals surface area contributed by atoms with Crippen molar-refractivity contribution in [2.75, 3.05) is 0 Å². The van der Waals surface area contributed by atoms with E-state index in [9.17, 15) is 0 Å². The molecule has 0 saturated heterocycles. The smallest absolute Gasteiger partial charge is 0.143 e. The number of benzene rings is 9. The molecule has 3 heteroatoms. The second-order valence-electron chi connectivity index (χ2n) is 13.9. The summed E-state index contributed by atoms with van der Waals surface area (Å²) in [6.45, 7) is 0.